The van der Waals surface area contributed by atoms with Crippen molar-refractivity contribution in [3.63, 3.8) is 0 Å². The highest BCUT2D eigenvalue weighted by Crippen LogP contribution is 2.40. The first-order chi connectivity index (χ1) is 9.19. The third-order valence-electron chi connectivity index (χ3n) is 2.65. The molecule has 6 heteroatoms. The van der Waals surface area contributed by atoms with Crippen molar-refractivity contribution in [2.75, 3.05) is 27.1 Å². The van der Waals surface area contributed by atoms with E-state index in [1.54, 1.807) is 33.5 Å². The normalized spacial score (nSPS) is 10.1. The van der Waals surface area contributed by atoms with Gasteiger partial charge in [-0.25, -0.2) is 0 Å². The van der Waals surface area contributed by atoms with Crippen LogP contribution in [-0.2, 0) is 0 Å². The van der Waals surface area contributed by atoms with Crippen molar-refractivity contribution in [2.24, 2.45) is 0 Å². The summed E-state index contributed by atoms with van der Waals surface area (Å²) < 4.78 is 15.8. The quantitative estimate of drug-likeness (QED) is 0.903. The molecule has 0 fully saturated rings. The van der Waals surface area contributed by atoms with Crippen molar-refractivity contribution in [1.29, 1.82) is 0 Å². The standard InChI is InChI=1S/C13H15N3O3/c1-17-10-6-8(7-11(18-2)13(10)19-3)9-4-5-12(14)16-15-9/h4-7H,1-3H3,(H2,14,16). The molecule has 2 aromatic rings. The monoisotopic (exact) mass is 261 g/mol. The summed E-state index contributed by atoms with van der Waals surface area (Å²) in [7, 11) is 4.69. The Morgan fingerprint density at radius 3 is 1.95 bits per heavy atom. The van der Waals surface area contributed by atoms with Crippen LogP contribution in [0.3, 0.4) is 0 Å². The molecule has 19 heavy (non-hydrogen) atoms. The molecule has 0 spiro atoms. The maximum absolute atomic E-state index is 5.52. The van der Waals surface area contributed by atoms with Gasteiger partial charge in [0.15, 0.2) is 11.5 Å². The van der Waals surface area contributed by atoms with Gasteiger partial charge >= 0.3 is 0 Å². The molecule has 0 bridgehead atoms. The van der Waals surface area contributed by atoms with E-state index in [0.717, 1.165) is 5.56 Å². The predicted octanol–water partition coefficient (Wildman–Crippen LogP) is 1.75. The molecule has 1 aromatic heterocycles. The first-order valence-corrected chi connectivity index (χ1v) is 5.59. The Kier molecular flexibility index (Phi) is 3.70. The molecule has 0 atom stereocenters. The van der Waals surface area contributed by atoms with E-state index in [9.17, 15) is 0 Å². The number of hydrogen-bond donors (Lipinski definition) is 1. The topological polar surface area (TPSA) is 79.5 Å². The summed E-state index contributed by atoms with van der Waals surface area (Å²) in [5.74, 6) is 2.04. The fourth-order valence-corrected chi connectivity index (χ4v) is 1.73. The fourth-order valence-electron chi connectivity index (χ4n) is 1.73. The van der Waals surface area contributed by atoms with Crippen LogP contribution < -0.4 is 19.9 Å². The van der Waals surface area contributed by atoms with E-state index >= 15 is 0 Å². The second kappa shape index (κ2) is 5.43. The van der Waals surface area contributed by atoms with Crippen molar-refractivity contribution in [3.8, 4) is 28.5 Å². The van der Waals surface area contributed by atoms with Gasteiger partial charge in [-0.2, -0.15) is 0 Å². The minimum Gasteiger partial charge on any atom is -0.493 e. The SMILES string of the molecule is COc1cc(-c2ccc(N)nn2)cc(OC)c1OC. The van der Waals surface area contributed by atoms with E-state index in [1.165, 1.54) is 0 Å². The zero-order valence-corrected chi connectivity index (χ0v) is 11.0. The highest BCUT2D eigenvalue weighted by atomic mass is 16.5. The van der Waals surface area contributed by atoms with Gasteiger partial charge in [-0.1, -0.05) is 0 Å². The molecule has 0 amide bonds. The number of methoxy groups -OCH3 is 3. The number of ether oxygens (including phenoxy) is 3. The molecule has 0 aliphatic carbocycles. The van der Waals surface area contributed by atoms with Gasteiger partial charge in [-0.15, -0.1) is 10.2 Å². The minimum absolute atomic E-state index is 0.371. The predicted molar refractivity (Wildman–Crippen MR) is 71.5 cm³/mol. The lowest BCUT2D eigenvalue weighted by atomic mass is 10.1. The maximum Gasteiger partial charge on any atom is 0.203 e. The molecule has 0 radical (unpaired) electrons. The Morgan fingerprint density at radius 2 is 1.53 bits per heavy atom. The third-order valence-corrected chi connectivity index (χ3v) is 2.65. The molecular formula is C13H15N3O3. The van der Waals surface area contributed by atoms with Crippen LogP contribution in [-0.4, -0.2) is 31.5 Å². The smallest absolute Gasteiger partial charge is 0.203 e. The molecule has 0 saturated heterocycles. The van der Waals surface area contributed by atoms with Crippen LogP contribution in [0.4, 0.5) is 5.82 Å². The van der Waals surface area contributed by atoms with Crippen LogP contribution in [0.2, 0.25) is 0 Å². The van der Waals surface area contributed by atoms with Crippen LogP contribution in [0.1, 0.15) is 0 Å². The van der Waals surface area contributed by atoms with Gasteiger partial charge in [-0.05, 0) is 24.3 Å². The molecule has 1 aromatic carbocycles. The lowest BCUT2D eigenvalue weighted by Gasteiger charge is -2.13. The fraction of sp³-hybridized carbons (Fsp3) is 0.231. The number of aromatic nitrogens is 2. The van der Waals surface area contributed by atoms with Crippen molar-refractivity contribution in [1.82, 2.24) is 10.2 Å². The van der Waals surface area contributed by atoms with Crippen molar-refractivity contribution >= 4 is 5.82 Å². The molecule has 1 heterocycles. The van der Waals surface area contributed by atoms with Crippen molar-refractivity contribution in [2.45, 2.75) is 0 Å². The highest BCUT2D eigenvalue weighted by Gasteiger charge is 2.14. The summed E-state index contributed by atoms with van der Waals surface area (Å²) in [6.07, 6.45) is 0. The molecule has 0 aliphatic heterocycles. The Labute approximate surface area is 111 Å². The number of benzene rings is 1. The average molecular weight is 261 g/mol. The minimum atomic E-state index is 0.371. The van der Waals surface area contributed by atoms with E-state index < -0.39 is 0 Å². The van der Waals surface area contributed by atoms with Crippen molar-refractivity contribution in [3.05, 3.63) is 24.3 Å². The van der Waals surface area contributed by atoms with Gasteiger partial charge in [0.25, 0.3) is 0 Å². The number of nitrogens with two attached hydrogens (primary N) is 1. The van der Waals surface area contributed by atoms with Crippen LogP contribution in [0, 0.1) is 0 Å². The van der Waals surface area contributed by atoms with Crippen LogP contribution in [0.5, 0.6) is 17.2 Å². The first kappa shape index (κ1) is 12.9. The van der Waals surface area contributed by atoms with E-state index in [-0.39, 0.29) is 0 Å². The van der Waals surface area contributed by atoms with Crippen molar-refractivity contribution < 1.29 is 14.2 Å². The Bertz CT molecular complexity index is 545. The summed E-state index contributed by atoms with van der Waals surface area (Å²) in [6.45, 7) is 0. The number of nitrogen functional groups attached to an aromatic ring is 1. The summed E-state index contributed by atoms with van der Waals surface area (Å²) in [4.78, 5) is 0. The van der Waals surface area contributed by atoms with Gasteiger partial charge < -0.3 is 19.9 Å². The van der Waals surface area contributed by atoms with Gasteiger partial charge in [0.05, 0.1) is 27.0 Å². The molecule has 0 unspecified atom stereocenters. The lowest BCUT2D eigenvalue weighted by Crippen LogP contribution is -1.97. The molecule has 100 valence electrons. The first-order valence-electron chi connectivity index (χ1n) is 5.59. The second-order valence-electron chi connectivity index (χ2n) is 3.76. The number of nitrogens with zero attached hydrogens (tertiary/aromatic N) is 2. The molecule has 6 nitrogen and oxygen atoms in total. The van der Waals surface area contributed by atoms with Crippen LogP contribution in [0.15, 0.2) is 24.3 Å². The van der Waals surface area contributed by atoms with Crippen LogP contribution >= 0.6 is 0 Å². The number of anilines is 1. The highest BCUT2D eigenvalue weighted by molar-refractivity contribution is 5.68. The van der Waals surface area contributed by atoms with E-state index in [2.05, 4.69) is 10.2 Å². The molecule has 2 N–H and O–H groups in total. The third kappa shape index (κ3) is 2.52. The number of rotatable bonds is 4. The Morgan fingerprint density at radius 1 is 0.895 bits per heavy atom. The summed E-state index contributed by atoms with van der Waals surface area (Å²) >= 11 is 0. The largest absolute Gasteiger partial charge is 0.493 e. The van der Waals surface area contributed by atoms with Crippen LogP contribution in [0.25, 0.3) is 11.3 Å². The average Bonchev–Trinajstić information content (AvgIpc) is 2.46. The number of hydrogen-bond acceptors (Lipinski definition) is 6. The second-order valence-corrected chi connectivity index (χ2v) is 3.76. The molecular weight excluding hydrogens is 246 g/mol. The maximum atomic E-state index is 5.52. The molecule has 0 saturated carbocycles. The zero-order chi connectivity index (χ0) is 13.8. The zero-order valence-electron chi connectivity index (χ0n) is 11.0. The Balaban J connectivity index is 2.55. The summed E-state index contributed by atoms with van der Waals surface area (Å²) in [5, 5.41) is 7.85. The lowest BCUT2D eigenvalue weighted by molar-refractivity contribution is 0.324. The van der Waals surface area contributed by atoms with E-state index in [4.69, 9.17) is 19.9 Å². The van der Waals surface area contributed by atoms with Gasteiger partial charge in [0, 0.05) is 5.56 Å². The molecule has 0 aliphatic rings. The van der Waals surface area contributed by atoms with Gasteiger partial charge in [0.1, 0.15) is 5.82 Å². The van der Waals surface area contributed by atoms with E-state index in [1.807, 2.05) is 12.1 Å². The molecule has 2 rings (SSSR count). The van der Waals surface area contributed by atoms with Gasteiger partial charge in [0.2, 0.25) is 5.75 Å². The Hall–Kier alpha value is -2.50. The van der Waals surface area contributed by atoms with Gasteiger partial charge in [-0.3, -0.25) is 0 Å². The van der Waals surface area contributed by atoms with E-state index in [0.29, 0.717) is 28.8 Å². The summed E-state index contributed by atoms with van der Waals surface area (Å²) in [6, 6.07) is 7.08. The summed E-state index contributed by atoms with van der Waals surface area (Å²) in [5.41, 5.74) is 7.00.